The van der Waals surface area contributed by atoms with Crippen molar-refractivity contribution in [3.8, 4) is 11.5 Å². The Morgan fingerprint density at radius 3 is 2.35 bits per heavy atom. The molecule has 0 fully saturated rings. The zero-order valence-electron chi connectivity index (χ0n) is 14.2. The second-order valence-electron chi connectivity index (χ2n) is 5.28. The summed E-state index contributed by atoms with van der Waals surface area (Å²) in [5, 5.41) is 2.69. The van der Waals surface area contributed by atoms with Crippen LogP contribution in [-0.4, -0.2) is 33.0 Å². The van der Waals surface area contributed by atoms with Crippen LogP contribution in [0.5, 0.6) is 11.5 Å². The Labute approximate surface area is 148 Å². The van der Waals surface area contributed by atoms with Gasteiger partial charge >= 0.3 is 6.36 Å². The fourth-order valence-electron chi connectivity index (χ4n) is 2.27. The standard InChI is InChI=1S/C18H18F3NO4/c1-24-15-5-3-4-13(10-15)16(25-2)11-22-17(23)12-6-8-14(9-7-12)26-18(19,20)21/h3-10,16H,11H2,1-2H3,(H,22,23). The lowest BCUT2D eigenvalue weighted by atomic mass is 10.1. The number of carbonyl (C=O) groups excluding carboxylic acids is 1. The van der Waals surface area contributed by atoms with Crippen LogP contribution in [0, 0.1) is 0 Å². The van der Waals surface area contributed by atoms with E-state index in [1.165, 1.54) is 19.2 Å². The van der Waals surface area contributed by atoms with Gasteiger partial charge < -0.3 is 19.5 Å². The lowest BCUT2D eigenvalue weighted by Gasteiger charge is -2.17. The van der Waals surface area contributed by atoms with Crippen molar-refractivity contribution < 1.29 is 32.2 Å². The van der Waals surface area contributed by atoms with Crippen LogP contribution >= 0.6 is 0 Å². The summed E-state index contributed by atoms with van der Waals surface area (Å²) in [6, 6.07) is 11.9. The highest BCUT2D eigenvalue weighted by atomic mass is 19.4. The van der Waals surface area contributed by atoms with Crippen molar-refractivity contribution in [3.05, 3.63) is 59.7 Å². The maximum atomic E-state index is 12.2. The van der Waals surface area contributed by atoms with E-state index in [0.717, 1.165) is 17.7 Å². The van der Waals surface area contributed by atoms with Gasteiger partial charge in [0, 0.05) is 19.2 Å². The molecule has 2 rings (SSSR count). The summed E-state index contributed by atoms with van der Waals surface area (Å²) < 4.78 is 50.7. The van der Waals surface area contributed by atoms with E-state index in [0.29, 0.717) is 5.75 Å². The van der Waals surface area contributed by atoms with E-state index in [4.69, 9.17) is 9.47 Å². The van der Waals surface area contributed by atoms with Crippen LogP contribution in [-0.2, 0) is 4.74 Å². The third-order valence-corrected chi connectivity index (χ3v) is 3.55. The molecule has 26 heavy (non-hydrogen) atoms. The predicted octanol–water partition coefficient (Wildman–Crippen LogP) is 3.71. The van der Waals surface area contributed by atoms with Gasteiger partial charge in [0.2, 0.25) is 0 Å². The average Bonchev–Trinajstić information content (AvgIpc) is 2.61. The maximum Gasteiger partial charge on any atom is 0.573 e. The molecule has 0 spiro atoms. The minimum Gasteiger partial charge on any atom is -0.497 e. The number of hydrogen-bond acceptors (Lipinski definition) is 4. The number of nitrogens with one attached hydrogen (secondary N) is 1. The number of hydrogen-bond donors (Lipinski definition) is 1. The predicted molar refractivity (Wildman–Crippen MR) is 88.2 cm³/mol. The lowest BCUT2D eigenvalue weighted by Crippen LogP contribution is -2.29. The minimum atomic E-state index is -4.77. The lowest BCUT2D eigenvalue weighted by molar-refractivity contribution is -0.274. The highest BCUT2D eigenvalue weighted by Gasteiger charge is 2.31. The van der Waals surface area contributed by atoms with E-state index in [9.17, 15) is 18.0 Å². The van der Waals surface area contributed by atoms with Crippen LogP contribution in [0.25, 0.3) is 0 Å². The van der Waals surface area contributed by atoms with E-state index >= 15 is 0 Å². The molecule has 1 atom stereocenters. The Balaban J connectivity index is 1.98. The van der Waals surface area contributed by atoms with Gasteiger partial charge in [0.25, 0.3) is 5.91 Å². The smallest absolute Gasteiger partial charge is 0.497 e. The Kier molecular flexibility index (Phi) is 6.46. The molecule has 0 heterocycles. The molecule has 0 aliphatic carbocycles. The molecule has 0 radical (unpaired) electrons. The van der Waals surface area contributed by atoms with Gasteiger partial charge in [-0.1, -0.05) is 12.1 Å². The molecule has 1 unspecified atom stereocenters. The van der Waals surface area contributed by atoms with E-state index in [1.807, 2.05) is 6.07 Å². The van der Waals surface area contributed by atoms with Crippen molar-refractivity contribution in [2.75, 3.05) is 20.8 Å². The number of benzene rings is 2. The first-order valence-corrected chi connectivity index (χ1v) is 7.63. The summed E-state index contributed by atoms with van der Waals surface area (Å²) in [6.07, 6.45) is -5.17. The van der Waals surface area contributed by atoms with Crippen LogP contribution < -0.4 is 14.8 Å². The molecule has 0 aromatic heterocycles. The largest absolute Gasteiger partial charge is 0.573 e. The van der Waals surface area contributed by atoms with Crippen molar-refractivity contribution in [1.82, 2.24) is 5.32 Å². The van der Waals surface area contributed by atoms with Crippen LogP contribution in [0.3, 0.4) is 0 Å². The molecule has 0 saturated heterocycles. The van der Waals surface area contributed by atoms with Crippen LogP contribution in [0.15, 0.2) is 48.5 Å². The number of methoxy groups -OCH3 is 2. The Morgan fingerprint density at radius 1 is 1.08 bits per heavy atom. The van der Waals surface area contributed by atoms with Crippen LogP contribution in [0.4, 0.5) is 13.2 Å². The number of amides is 1. The van der Waals surface area contributed by atoms with E-state index in [2.05, 4.69) is 10.1 Å². The van der Waals surface area contributed by atoms with Crippen molar-refractivity contribution in [3.63, 3.8) is 0 Å². The first kappa shape index (κ1) is 19.6. The number of halogens is 3. The Bertz CT molecular complexity index is 732. The van der Waals surface area contributed by atoms with Crippen molar-refractivity contribution >= 4 is 5.91 Å². The van der Waals surface area contributed by atoms with Crippen molar-refractivity contribution in [2.45, 2.75) is 12.5 Å². The minimum absolute atomic E-state index is 0.184. The van der Waals surface area contributed by atoms with Gasteiger partial charge in [0.1, 0.15) is 11.5 Å². The number of ether oxygens (including phenoxy) is 3. The third kappa shape index (κ3) is 5.66. The molecule has 140 valence electrons. The Hall–Kier alpha value is -2.74. The number of carbonyl (C=O) groups is 1. The highest BCUT2D eigenvalue weighted by molar-refractivity contribution is 5.94. The van der Waals surface area contributed by atoms with Gasteiger partial charge in [-0.05, 0) is 42.0 Å². The molecule has 0 aliphatic rings. The van der Waals surface area contributed by atoms with E-state index < -0.39 is 18.4 Å². The van der Waals surface area contributed by atoms with Crippen molar-refractivity contribution in [2.24, 2.45) is 0 Å². The molecule has 8 heteroatoms. The second-order valence-corrected chi connectivity index (χ2v) is 5.28. The zero-order valence-corrected chi connectivity index (χ0v) is 14.2. The quantitative estimate of drug-likeness (QED) is 0.808. The molecule has 2 aromatic rings. The van der Waals surface area contributed by atoms with E-state index in [1.54, 1.807) is 25.3 Å². The fourth-order valence-corrected chi connectivity index (χ4v) is 2.27. The monoisotopic (exact) mass is 369 g/mol. The summed E-state index contributed by atoms with van der Waals surface area (Å²) in [6.45, 7) is 0.184. The highest BCUT2D eigenvalue weighted by Crippen LogP contribution is 2.23. The first-order chi connectivity index (χ1) is 12.3. The third-order valence-electron chi connectivity index (χ3n) is 3.55. The molecule has 5 nitrogen and oxygen atoms in total. The molecule has 0 saturated carbocycles. The fraction of sp³-hybridized carbons (Fsp3) is 0.278. The SMILES string of the molecule is COc1cccc(C(CNC(=O)c2ccc(OC(F)(F)F)cc2)OC)c1. The van der Waals surface area contributed by atoms with Gasteiger partial charge in [-0.15, -0.1) is 13.2 Å². The molecular weight excluding hydrogens is 351 g/mol. The van der Waals surface area contributed by atoms with Crippen molar-refractivity contribution in [1.29, 1.82) is 0 Å². The summed E-state index contributed by atoms with van der Waals surface area (Å²) in [5.41, 5.74) is 1.03. The molecular formula is C18H18F3NO4. The van der Waals surface area contributed by atoms with Gasteiger partial charge in [-0.3, -0.25) is 4.79 Å². The normalized spacial score (nSPS) is 12.3. The van der Waals surface area contributed by atoms with E-state index in [-0.39, 0.29) is 17.9 Å². The molecule has 0 aliphatic heterocycles. The Morgan fingerprint density at radius 2 is 1.77 bits per heavy atom. The summed E-state index contributed by atoms with van der Waals surface area (Å²) in [5.74, 6) is -0.162. The molecule has 1 N–H and O–H groups in total. The topological polar surface area (TPSA) is 56.8 Å². The maximum absolute atomic E-state index is 12.2. The first-order valence-electron chi connectivity index (χ1n) is 7.63. The molecule has 0 bridgehead atoms. The van der Waals surface area contributed by atoms with Crippen LogP contribution in [0.1, 0.15) is 22.0 Å². The molecule has 1 amide bonds. The van der Waals surface area contributed by atoms with Gasteiger partial charge in [-0.2, -0.15) is 0 Å². The summed E-state index contributed by atoms with van der Waals surface area (Å²) in [7, 11) is 3.06. The summed E-state index contributed by atoms with van der Waals surface area (Å²) in [4.78, 5) is 12.2. The van der Waals surface area contributed by atoms with Gasteiger partial charge in [-0.25, -0.2) is 0 Å². The zero-order chi connectivity index (χ0) is 19.2. The van der Waals surface area contributed by atoms with Gasteiger partial charge in [0.15, 0.2) is 0 Å². The second kappa shape index (κ2) is 8.57. The molecule has 2 aromatic carbocycles. The summed E-state index contributed by atoms with van der Waals surface area (Å²) >= 11 is 0. The van der Waals surface area contributed by atoms with Gasteiger partial charge in [0.05, 0.1) is 13.2 Å². The number of alkyl halides is 3. The van der Waals surface area contributed by atoms with Crippen LogP contribution in [0.2, 0.25) is 0 Å². The average molecular weight is 369 g/mol. The number of rotatable bonds is 7.